The number of rotatable bonds is 10. The first-order valence-electron chi connectivity index (χ1n) is 9.76. The van der Waals surface area contributed by atoms with E-state index in [0.29, 0.717) is 23.4 Å². The van der Waals surface area contributed by atoms with Crippen LogP contribution in [0.25, 0.3) is 0 Å². The largest absolute Gasteiger partial charge is 0.351 e. The van der Waals surface area contributed by atoms with Crippen molar-refractivity contribution in [2.24, 2.45) is 0 Å². The van der Waals surface area contributed by atoms with Gasteiger partial charge < -0.3 is 16.0 Å². The zero-order valence-electron chi connectivity index (χ0n) is 17.4. The van der Waals surface area contributed by atoms with Gasteiger partial charge in [-0.1, -0.05) is 6.92 Å². The number of carbonyl (C=O) groups is 3. The lowest BCUT2D eigenvalue weighted by atomic mass is 10.2. The van der Waals surface area contributed by atoms with E-state index in [4.69, 9.17) is 0 Å². The summed E-state index contributed by atoms with van der Waals surface area (Å²) in [5.41, 5.74) is 1.49. The van der Waals surface area contributed by atoms with Crippen LogP contribution in [0.15, 0.2) is 53.4 Å². The summed E-state index contributed by atoms with van der Waals surface area (Å²) in [6, 6.07) is 12.2. The van der Waals surface area contributed by atoms with E-state index in [1.165, 1.54) is 31.2 Å². The molecule has 0 unspecified atom stereocenters. The molecule has 0 aromatic heterocycles. The van der Waals surface area contributed by atoms with Crippen molar-refractivity contribution < 1.29 is 22.8 Å². The van der Waals surface area contributed by atoms with Crippen molar-refractivity contribution in [2.75, 3.05) is 23.7 Å². The predicted octanol–water partition coefficient (Wildman–Crippen LogP) is 2.09. The zero-order valence-corrected chi connectivity index (χ0v) is 18.2. The molecular weight excluding hydrogens is 420 g/mol. The standard InChI is InChI=1S/C21H26N4O5S/c1-3-4-20(27)25-18-9-11-19(12-10-18)31(29,30)23-14-13-22-21(28)16-5-7-17(8-6-16)24-15(2)26/h5-12,23H,3-4,13-14H2,1-2H3,(H,22,28)(H,24,26)(H,25,27). The molecule has 0 aliphatic rings. The van der Waals surface area contributed by atoms with E-state index in [1.54, 1.807) is 24.3 Å². The van der Waals surface area contributed by atoms with Crippen molar-refractivity contribution in [1.82, 2.24) is 10.0 Å². The lowest BCUT2D eigenvalue weighted by Crippen LogP contribution is -2.34. The molecule has 0 spiro atoms. The van der Waals surface area contributed by atoms with Gasteiger partial charge in [0, 0.05) is 43.4 Å². The highest BCUT2D eigenvalue weighted by molar-refractivity contribution is 7.89. The van der Waals surface area contributed by atoms with E-state index in [1.807, 2.05) is 6.92 Å². The van der Waals surface area contributed by atoms with Gasteiger partial charge in [-0.15, -0.1) is 0 Å². The molecule has 0 aliphatic carbocycles. The Hall–Kier alpha value is -3.24. The summed E-state index contributed by atoms with van der Waals surface area (Å²) >= 11 is 0. The Labute approximate surface area is 181 Å². The molecule has 0 bridgehead atoms. The second kappa shape index (κ2) is 11.2. The van der Waals surface area contributed by atoms with Crippen LogP contribution in [0, 0.1) is 0 Å². The number of hydrogen-bond donors (Lipinski definition) is 4. The van der Waals surface area contributed by atoms with Gasteiger partial charge in [0.15, 0.2) is 0 Å². The van der Waals surface area contributed by atoms with Gasteiger partial charge in [0.25, 0.3) is 5.91 Å². The minimum absolute atomic E-state index is 0.00698. The third kappa shape index (κ3) is 7.83. The minimum atomic E-state index is -3.75. The van der Waals surface area contributed by atoms with E-state index in [2.05, 4.69) is 20.7 Å². The molecule has 0 aliphatic heterocycles. The SMILES string of the molecule is CCCC(=O)Nc1ccc(S(=O)(=O)NCCNC(=O)c2ccc(NC(C)=O)cc2)cc1. The van der Waals surface area contributed by atoms with E-state index in [9.17, 15) is 22.8 Å². The smallest absolute Gasteiger partial charge is 0.251 e. The Kier molecular flexibility index (Phi) is 8.71. The summed E-state index contributed by atoms with van der Waals surface area (Å²) in [7, 11) is -3.75. The molecule has 0 radical (unpaired) electrons. The Morgan fingerprint density at radius 3 is 2.00 bits per heavy atom. The van der Waals surface area contributed by atoms with Crippen molar-refractivity contribution >= 4 is 39.1 Å². The van der Waals surface area contributed by atoms with Gasteiger partial charge in [-0.2, -0.15) is 0 Å². The normalized spacial score (nSPS) is 10.9. The zero-order chi connectivity index (χ0) is 22.9. The van der Waals surface area contributed by atoms with Crippen molar-refractivity contribution in [3.8, 4) is 0 Å². The van der Waals surface area contributed by atoms with Gasteiger partial charge >= 0.3 is 0 Å². The Morgan fingerprint density at radius 2 is 1.42 bits per heavy atom. The van der Waals surface area contributed by atoms with Crippen LogP contribution in [0.3, 0.4) is 0 Å². The Bertz CT molecular complexity index is 1020. The first-order chi connectivity index (χ1) is 14.7. The van der Waals surface area contributed by atoms with Crippen LogP contribution in [-0.4, -0.2) is 39.2 Å². The number of hydrogen-bond acceptors (Lipinski definition) is 5. The molecule has 166 valence electrons. The molecule has 0 fully saturated rings. The average Bonchev–Trinajstić information content (AvgIpc) is 2.72. The quantitative estimate of drug-likeness (QED) is 0.415. The van der Waals surface area contributed by atoms with Crippen molar-refractivity contribution in [3.05, 3.63) is 54.1 Å². The maximum absolute atomic E-state index is 12.4. The number of nitrogens with one attached hydrogen (secondary N) is 4. The third-order valence-corrected chi connectivity index (χ3v) is 5.57. The Balaban J connectivity index is 1.82. The molecule has 2 aromatic rings. The van der Waals surface area contributed by atoms with Crippen LogP contribution in [0.2, 0.25) is 0 Å². The number of amides is 3. The van der Waals surface area contributed by atoms with Crippen LogP contribution < -0.4 is 20.7 Å². The molecular formula is C21H26N4O5S. The fourth-order valence-corrected chi connectivity index (χ4v) is 3.65. The van der Waals surface area contributed by atoms with Crippen LogP contribution in [0.4, 0.5) is 11.4 Å². The number of carbonyl (C=O) groups excluding carboxylic acids is 3. The molecule has 2 rings (SSSR count). The van der Waals surface area contributed by atoms with E-state index in [0.717, 1.165) is 6.42 Å². The highest BCUT2D eigenvalue weighted by Crippen LogP contribution is 2.14. The number of anilines is 2. The monoisotopic (exact) mass is 446 g/mol. The average molecular weight is 447 g/mol. The summed E-state index contributed by atoms with van der Waals surface area (Å²) in [6.07, 6.45) is 1.12. The summed E-state index contributed by atoms with van der Waals surface area (Å²) in [6.45, 7) is 3.39. The number of sulfonamides is 1. The third-order valence-electron chi connectivity index (χ3n) is 4.10. The molecule has 31 heavy (non-hydrogen) atoms. The van der Waals surface area contributed by atoms with Gasteiger partial charge in [-0.05, 0) is 55.0 Å². The first-order valence-corrected chi connectivity index (χ1v) is 11.2. The predicted molar refractivity (Wildman–Crippen MR) is 118 cm³/mol. The molecule has 0 saturated carbocycles. The molecule has 0 saturated heterocycles. The minimum Gasteiger partial charge on any atom is -0.351 e. The molecule has 0 heterocycles. The highest BCUT2D eigenvalue weighted by Gasteiger charge is 2.14. The van der Waals surface area contributed by atoms with Gasteiger partial charge in [-0.25, -0.2) is 13.1 Å². The summed E-state index contributed by atoms with van der Waals surface area (Å²) in [4.78, 5) is 34.8. The molecule has 3 amide bonds. The second-order valence-electron chi connectivity index (χ2n) is 6.73. The van der Waals surface area contributed by atoms with Gasteiger partial charge in [0.1, 0.15) is 0 Å². The first kappa shape index (κ1) is 24.0. The molecule has 0 atom stereocenters. The second-order valence-corrected chi connectivity index (χ2v) is 8.50. The molecule has 4 N–H and O–H groups in total. The van der Waals surface area contributed by atoms with Gasteiger partial charge in [-0.3, -0.25) is 14.4 Å². The topological polar surface area (TPSA) is 133 Å². The van der Waals surface area contributed by atoms with E-state index >= 15 is 0 Å². The van der Waals surface area contributed by atoms with Crippen LogP contribution >= 0.6 is 0 Å². The lowest BCUT2D eigenvalue weighted by molar-refractivity contribution is -0.116. The summed E-state index contributed by atoms with van der Waals surface area (Å²) in [5, 5.41) is 7.92. The maximum Gasteiger partial charge on any atom is 0.251 e. The van der Waals surface area contributed by atoms with Crippen molar-refractivity contribution in [3.63, 3.8) is 0 Å². The summed E-state index contributed by atoms with van der Waals surface area (Å²) < 4.78 is 27.1. The molecule has 10 heteroatoms. The molecule has 2 aromatic carbocycles. The van der Waals surface area contributed by atoms with Gasteiger partial charge in [0.05, 0.1) is 4.90 Å². The van der Waals surface area contributed by atoms with Crippen molar-refractivity contribution in [1.29, 1.82) is 0 Å². The number of benzene rings is 2. The van der Waals surface area contributed by atoms with Crippen molar-refractivity contribution in [2.45, 2.75) is 31.6 Å². The fourth-order valence-electron chi connectivity index (χ4n) is 2.62. The fraction of sp³-hybridized carbons (Fsp3) is 0.286. The highest BCUT2D eigenvalue weighted by atomic mass is 32.2. The van der Waals surface area contributed by atoms with Crippen LogP contribution in [-0.2, 0) is 19.6 Å². The Morgan fingerprint density at radius 1 is 0.839 bits per heavy atom. The van der Waals surface area contributed by atoms with Crippen LogP contribution in [0.1, 0.15) is 37.0 Å². The summed E-state index contributed by atoms with van der Waals surface area (Å²) in [5.74, 6) is -0.696. The van der Waals surface area contributed by atoms with E-state index < -0.39 is 10.0 Å². The van der Waals surface area contributed by atoms with Crippen LogP contribution in [0.5, 0.6) is 0 Å². The van der Waals surface area contributed by atoms with Gasteiger partial charge in [0.2, 0.25) is 21.8 Å². The van der Waals surface area contributed by atoms with E-state index in [-0.39, 0.29) is 35.7 Å². The maximum atomic E-state index is 12.4. The lowest BCUT2D eigenvalue weighted by Gasteiger charge is -2.10. The molecule has 9 nitrogen and oxygen atoms in total.